The zero-order chi connectivity index (χ0) is 35.4. The van der Waals surface area contributed by atoms with E-state index in [0.29, 0.717) is 55.9 Å². The van der Waals surface area contributed by atoms with Crippen LogP contribution in [0.5, 0.6) is 0 Å². The molecule has 48 heavy (non-hydrogen) atoms. The standard InChI is InChI=1S/C32H43F8N7O/c1-3-26(45-10-12-46(13-11-45)27-6-4-5-7-28(27)48)25-9-8-21(29(33)34)16-22(25)19-47(30(41)43-44(2)42)18-20-14-23(31(35,36)37)17-24(15-20)32(38,39)40/h8-9,14-17,26-29,48H,3-7,10-13,18-19,42H2,1-2H3,(H2,41,43)/t26?,27-,28?/m1/s1. The van der Waals surface area contributed by atoms with E-state index < -0.39 is 36.4 Å². The van der Waals surface area contributed by atoms with Crippen molar-refractivity contribution in [1.82, 2.24) is 19.8 Å². The third kappa shape index (κ3) is 9.48. The fourth-order valence-electron chi connectivity index (χ4n) is 6.78. The predicted molar refractivity (Wildman–Crippen MR) is 165 cm³/mol. The molecule has 0 aromatic heterocycles. The normalized spacial score (nSPS) is 21.1. The number of hydrogen-bond donors (Lipinski definition) is 3. The molecule has 2 aromatic carbocycles. The van der Waals surface area contributed by atoms with Gasteiger partial charge < -0.3 is 15.7 Å². The molecule has 1 saturated carbocycles. The van der Waals surface area contributed by atoms with Gasteiger partial charge in [-0.05, 0) is 60.2 Å². The summed E-state index contributed by atoms with van der Waals surface area (Å²) < 4.78 is 110. The number of aliphatic hydroxyl groups is 1. The number of halogens is 8. The van der Waals surface area contributed by atoms with Gasteiger partial charge in [0.15, 0.2) is 0 Å². The molecule has 1 saturated heterocycles. The summed E-state index contributed by atoms with van der Waals surface area (Å²) in [6.07, 6.45) is -9.02. The molecule has 2 unspecified atom stereocenters. The third-order valence-corrected chi connectivity index (χ3v) is 9.08. The minimum atomic E-state index is -5.07. The Bertz CT molecular complexity index is 1360. The summed E-state index contributed by atoms with van der Waals surface area (Å²) >= 11 is 0. The lowest BCUT2D eigenvalue weighted by atomic mass is 9.90. The Morgan fingerprint density at radius 1 is 0.938 bits per heavy atom. The van der Waals surface area contributed by atoms with Crippen molar-refractivity contribution in [2.24, 2.45) is 16.7 Å². The summed E-state index contributed by atoms with van der Waals surface area (Å²) in [7, 11) is 1.32. The lowest BCUT2D eigenvalue weighted by molar-refractivity contribution is -0.143. The van der Waals surface area contributed by atoms with E-state index in [2.05, 4.69) is 14.9 Å². The van der Waals surface area contributed by atoms with E-state index in [1.807, 2.05) is 6.92 Å². The molecular formula is C32H43F8N7O. The first-order valence-electron chi connectivity index (χ1n) is 15.9. The molecule has 2 aliphatic rings. The van der Waals surface area contributed by atoms with Gasteiger partial charge in [0.05, 0.1) is 17.2 Å². The Balaban J connectivity index is 1.69. The van der Waals surface area contributed by atoms with Crippen molar-refractivity contribution < 1.29 is 40.2 Å². The summed E-state index contributed by atoms with van der Waals surface area (Å²) in [6.45, 7) is 3.82. The summed E-state index contributed by atoms with van der Waals surface area (Å²) in [5.41, 5.74) is 3.57. The van der Waals surface area contributed by atoms with Gasteiger partial charge in [0, 0.05) is 64.0 Å². The van der Waals surface area contributed by atoms with Crippen molar-refractivity contribution in [2.45, 2.75) is 89.1 Å². The van der Waals surface area contributed by atoms with Gasteiger partial charge in [0.2, 0.25) is 5.96 Å². The molecule has 8 nitrogen and oxygen atoms in total. The predicted octanol–water partition coefficient (Wildman–Crippen LogP) is 6.07. The monoisotopic (exact) mass is 693 g/mol. The second-order valence-electron chi connectivity index (χ2n) is 12.5. The van der Waals surface area contributed by atoms with E-state index in [4.69, 9.17) is 11.6 Å². The molecule has 1 aliphatic carbocycles. The topological polar surface area (TPSA) is 97.6 Å². The van der Waals surface area contributed by atoms with E-state index in [0.717, 1.165) is 30.8 Å². The number of hydrazine groups is 1. The maximum absolute atomic E-state index is 14.0. The average Bonchev–Trinajstić information content (AvgIpc) is 3.01. The van der Waals surface area contributed by atoms with Gasteiger partial charge >= 0.3 is 12.4 Å². The average molecular weight is 694 g/mol. The molecule has 1 heterocycles. The van der Waals surface area contributed by atoms with Crippen LogP contribution >= 0.6 is 0 Å². The molecule has 2 fully saturated rings. The summed E-state index contributed by atoms with van der Waals surface area (Å²) in [4.78, 5) is 5.73. The second kappa shape index (κ2) is 15.6. The van der Waals surface area contributed by atoms with E-state index in [1.54, 1.807) is 6.07 Å². The van der Waals surface area contributed by atoms with Crippen molar-refractivity contribution in [3.05, 3.63) is 69.8 Å². The molecule has 5 N–H and O–H groups in total. The highest BCUT2D eigenvalue weighted by Crippen LogP contribution is 2.37. The van der Waals surface area contributed by atoms with Gasteiger partial charge in [0.1, 0.15) is 0 Å². The van der Waals surface area contributed by atoms with Gasteiger partial charge in [-0.2, -0.15) is 26.3 Å². The number of hydrazone groups is 1. The zero-order valence-corrected chi connectivity index (χ0v) is 26.9. The molecule has 0 bridgehead atoms. The van der Waals surface area contributed by atoms with Gasteiger partial charge in [-0.1, -0.05) is 31.9 Å². The van der Waals surface area contributed by atoms with Crippen LogP contribution in [-0.2, 0) is 25.4 Å². The van der Waals surface area contributed by atoms with E-state index in [9.17, 15) is 40.2 Å². The smallest absolute Gasteiger partial charge is 0.391 e. The van der Waals surface area contributed by atoms with Crippen molar-refractivity contribution >= 4 is 5.96 Å². The second-order valence-corrected chi connectivity index (χ2v) is 12.5. The van der Waals surface area contributed by atoms with Gasteiger partial charge in [-0.15, -0.1) is 5.10 Å². The molecule has 0 spiro atoms. The van der Waals surface area contributed by atoms with Crippen molar-refractivity contribution in [3.8, 4) is 0 Å². The van der Waals surface area contributed by atoms with Crippen LogP contribution in [0.3, 0.4) is 0 Å². The molecule has 4 rings (SSSR count). The molecule has 0 amide bonds. The zero-order valence-electron chi connectivity index (χ0n) is 26.9. The lowest BCUT2D eigenvalue weighted by Gasteiger charge is -2.45. The molecule has 2 aromatic rings. The quantitative estimate of drug-likeness (QED) is 0.0914. The Morgan fingerprint density at radius 3 is 2.06 bits per heavy atom. The molecule has 0 radical (unpaired) electrons. The molecule has 268 valence electrons. The number of guanidine groups is 1. The Hall–Kier alpha value is -3.21. The number of nitrogens with zero attached hydrogens (tertiary/aromatic N) is 5. The van der Waals surface area contributed by atoms with Gasteiger partial charge in [0.25, 0.3) is 6.43 Å². The highest BCUT2D eigenvalue weighted by atomic mass is 19.4. The van der Waals surface area contributed by atoms with Crippen LogP contribution in [0.1, 0.15) is 84.9 Å². The SMILES string of the molecule is CCC(c1ccc(C(F)F)cc1CN(Cc1cc(C(F)(F)F)cc(C(F)(F)F)c1)/C(N)=N/N(C)N)N1CCN([C@@H]2CCCCC2O)CC1. The Morgan fingerprint density at radius 2 is 1.54 bits per heavy atom. The van der Waals surface area contributed by atoms with Crippen molar-refractivity contribution in [3.63, 3.8) is 0 Å². The third-order valence-electron chi connectivity index (χ3n) is 9.08. The minimum absolute atomic E-state index is 0.0315. The first kappa shape index (κ1) is 37.6. The maximum atomic E-state index is 14.0. The van der Waals surface area contributed by atoms with Crippen LogP contribution in [0.4, 0.5) is 35.1 Å². The van der Waals surface area contributed by atoms with E-state index in [-0.39, 0.29) is 47.9 Å². The van der Waals surface area contributed by atoms with Crippen molar-refractivity contribution in [1.29, 1.82) is 0 Å². The molecular weight excluding hydrogens is 650 g/mol. The summed E-state index contributed by atoms with van der Waals surface area (Å²) in [5, 5.41) is 15.3. The van der Waals surface area contributed by atoms with Crippen LogP contribution in [0, 0.1) is 0 Å². The van der Waals surface area contributed by atoms with Crippen LogP contribution < -0.4 is 11.6 Å². The maximum Gasteiger partial charge on any atom is 0.416 e. The minimum Gasteiger partial charge on any atom is -0.391 e. The summed E-state index contributed by atoms with van der Waals surface area (Å²) in [5.74, 6) is 5.29. The Kier molecular flexibility index (Phi) is 12.2. The molecule has 1 aliphatic heterocycles. The number of piperazine rings is 1. The first-order chi connectivity index (χ1) is 22.5. The number of benzene rings is 2. The largest absolute Gasteiger partial charge is 0.416 e. The Labute approximate surface area is 274 Å². The van der Waals surface area contributed by atoms with E-state index >= 15 is 0 Å². The van der Waals surface area contributed by atoms with Crippen molar-refractivity contribution in [2.75, 3.05) is 33.2 Å². The lowest BCUT2D eigenvalue weighted by Crippen LogP contribution is -2.55. The molecule has 16 heteroatoms. The highest BCUT2D eigenvalue weighted by Gasteiger charge is 2.37. The van der Waals surface area contributed by atoms with Crippen LogP contribution in [0.25, 0.3) is 0 Å². The number of aliphatic hydroxyl groups excluding tert-OH is 1. The first-order valence-corrected chi connectivity index (χ1v) is 15.9. The van der Waals surface area contributed by atoms with Gasteiger partial charge in [-0.25, -0.2) is 19.7 Å². The van der Waals surface area contributed by atoms with Crippen LogP contribution in [0.2, 0.25) is 0 Å². The fraction of sp³-hybridized carbons (Fsp3) is 0.594. The van der Waals surface area contributed by atoms with E-state index in [1.165, 1.54) is 24.1 Å². The number of hydrogen-bond acceptors (Lipinski definition) is 6. The fourth-order valence-corrected chi connectivity index (χ4v) is 6.78. The highest BCUT2D eigenvalue weighted by molar-refractivity contribution is 5.78. The summed E-state index contributed by atoms with van der Waals surface area (Å²) in [6, 6.07) is 5.26. The number of nitrogens with two attached hydrogens (primary N) is 2. The van der Waals surface area contributed by atoms with Crippen LogP contribution in [0.15, 0.2) is 41.5 Å². The van der Waals surface area contributed by atoms with Gasteiger partial charge in [-0.3, -0.25) is 9.80 Å². The number of alkyl halides is 8. The molecule has 3 atom stereocenters. The number of rotatable bonds is 10. The van der Waals surface area contributed by atoms with Crippen LogP contribution in [-0.4, -0.2) is 76.3 Å².